The SMILES string of the molecule is CCn1c2ccccc2c2nnc(SCC(=O)c3ccc4c(c3)CCC4)nc21. The molecule has 0 radical (unpaired) electrons. The fourth-order valence-corrected chi connectivity index (χ4v) is 4.71. The predicted molar refractivity (Wildman–Crippen MR) is 112 cm³/mol. The van der Waals surface area contributed by atoms with Gasteiger partial charge in [-0.3, -0.25) is 4.79 Å². The summed E-state index contributed by atoms with van der Waals surface area (Å²) in [6, 6.07) is 14.3. The Kier molecular flexibility index (Phi) is 4.36. The van der Waals surface area contributed by atoms with Gasteiger partial charge in [-0.25, -0.2) is 4.98 Å². The molecule has 2 aromatic carbocycles. The first kappa shape index (κ1) is 17.4. The summed E-state index contributed by atoms with van der Waals surface area (Å²) < 4.78 is 2.14. The van der Waals surface area contributed by atoms with E-state index in [4.69, 9.17) is 4.98 Å². The number of para-hydroxylation sites is 1. The highest BCUT2D eigenvalue weighted by atomic mass is 32.2. The summed E-state index contributed by atoms with van der Waals surface area (Å²) in [7, 11) is 0. The zero-order valence-corrected chi connectivity index (χ0v) is 16.5. The molecule has 0 fully saturated rings. The number of rotatable bonds is 5. The van der Waals surface area contributed by atoms with E-state index in [0.717, 1.165) is 47.0 Å². The molecule has 0 aliphatic heterocycles. The second kappa shape index (κ2) is 7.02. The molecule has 2 heterocycles. The van der Waals surface area contributed by atoms with Crippen molar-refractivity contribution in [3.8, 4) is 0 Å². The number of ketones is 1. The molecule has 0 saturated heterocycles. The molecule has 2 aromatic heterocycles. The van der Waals surface area contributed by atoms with Crippen LogP contribution in [-0.4, -0.2) is 31.3 Å². The maximum Gasteiger partial charge on any atom is 0.211 e. The molecule has 1 aliphatic rings. The quantitative estimate of drug-likeness (QED) is 0.373. The number of fused-ring (bicyclic) bond motifs is 4. The van der Waals surface area contributed by atoms with Crippen molar-refractivity contribution in [3.05, 3.63) is 59.2 Å². The van der Waals surface area contributed by atoms with Crippen molar-refractivity contribution in [2.45, 2.75) is 37.9 Å². The van der Waals surface area contributed by atoms with E-state index in [1.165, 1.54) is 29.3 Å². The van der Waals surface area contributed by atoms with Crippen molar-refractivity contribution in [1.82, 2.24) is 19.7 Å². The Labute approximate surface area is 167 Å². The lowest BCUT2D eigenvalue weighted by Gasteiger charge is -2.05. The van der Waals surface area contributed by atoms with Crippen LogP contribution in [0.2, 0.25) is 0 Å². The minimum absolute atomic E-state index is 0.111. The Hall–Kier alpha value is -2.73. The summed E-state index contributed by atoms with van der Waals surface area (Å²) in [4.78, 5) is 17.4. The number of thioether (sulfide) groups is 1. The van der Waals surface area contributed by atoms with Crippen LogP contribution in [0.15, 0.2) is 47.6 Å². The first-order chi connectivity index (χ1) is 13.7. The lowest BCUT2D eigenvalue weighted by atomic mass is 10.0. The third kappa shape index (κ3) is 2.88. The summed E-state index contributed by atoms with van der Waals surface area (Å²) in [6.45, 7) is 2.90. The molecule has 0 spiro atoms. The van der Waals surface area contributed by atoms with Crippen LogP contribution in [0.5, 0.6) is 0 Å². The lowest BCUT2D eigenvalue weighted by Crippen LogP contribution is -2.05. The lowest BCUT2D eigenvalue weighted by molar-refractivity contribution is 0.102. The summed E-state index contributed by atoms with van der Waals surface area (Å²) >= 11 is 1.35. The molecule has 0 saturated carbocycles. The van der Waals surface area contributed by atoms with E-state index in [9.17, 15) is 4.79 Å². The van der Waals surface area contributed by atoms with Crippen LogP contribution >= 0.6 is 11.8 Å². The third-order valence-electron chi connectivity index (χ3n) is 5.42. The summed E-state index contributed by atoms with van der Waals surface area (Å²) in [5.41, 5.74) is 6.23. The largest absolute Gasteiger partial charge is 0.324 e. The summed E-state index contributed by atoms with van der Waals surface area (Å²) in [6.07, 6.45) is 3.39. The minimum atomic E-state index is 0.111. The molecule has 0 bridgehead atoms. The Morgan fingerprint density at radius 3 is 2.86 bits per heavy atom. The molecule has 0 atom stereocenters. The van der Waals surface area contributed by atoms with Crippen LogP contribution in [-0.2, 0) is 19.4 Å². The molecule has 5 nitrogen and oxygen atoms in total. The predicted octanol–water partition coefficient (Wildman–Crippen LogP) is 4.46. The average molecular weight is 388 g/mol. The third-order valence-corrected chi connectivity index (χ3v) is 6.26. The summed E-state index contributed by atoms with van der Waals surface area (Å²) in [5, 5.41) is 10.3. The first-order valence-electron chi connectivity index (χ1n) is 9.64. The van der Waals surface area contributed by atoms with Crippen LogP contribution in [0, 0.1) is 0 Å². The van der Waals surface area contributed by atoms with Crippen molar-refractivity contribution in [3.63, 3.8) is 0 Å². The number of carbonyl (C=O) groups excluding carboxylic acids is 1. The smallest absolute Gasteiger partial charge is 0.211 e. The van der Waals surface area contributed by atoms with E-state index in [2.05, 4.69) is 39.9 Å². The number of hydrogen-bond donors (Lipinski definition) is 0. The zero-order chi connectivity index (χ0) is 19.1. The number of aromatic nitrogens is 4. The Morgan fingerprint density at radius 1 is 1.11 bits per heavy atom. The van der Waals surface area contributed by atoms with Crippen LogP contribution in [0.3, 0.4) is 0 Å². The van der Waals surface area contributed by atoms with Gasteiger partial charge in [-0.15, -0.1) is 10.2 Å². The molecule has 1 aliphatic carbocycles. The maximum atomic E-state index is 12.6. The van der Waals surface area contributed by atoms with Crippen LogP contribution in [0.1, 0.15) is 34.8 Å². The van der Waals surface area contributed by atoms with Crippen LogP contribution < -0.4 is 0 Å². The van der Waals surface area contributed by atoms with Gasteiger partial charge in [0.05, 0.1) is 11.3 Å². The van der Waals surface area contributed by atoms with Gasteiger partial charge in [0, 0.05) is 17.5 Å². The van der Waals surface area contributed by atoms with Crippen molar-refractivity contribution in [2.24, 2.45) is 0 Å². The van der Waals surface area contributed by atoms with Gasteiger partial charge in [0.15, 0.2) is 11.4 Å². The molecule has 0 unspecified atom stereocenters. The van der Waals surface area contributed by atoms with Gasteiger partial charge in [-0.1, -0.05) is 42.1 Å². The van der Waals surface area contributed by atoms with Crippen molar-refractivity contribution < 1.29 is 4.79 Å². The number of nitrogens with zero attached hydrogens (tertiary/aromatic N) is 4. The van der Waals surface area contributed by atoms with Gasteiger partial charge in [0.25, 0.3) is 0 Å². The number of hydrogen-bond acceptors (Lipinski definition) is 5. The Morgan fingerprint density at radius 2 is 1.96 bits per heavy atom. The fourth-order valence-electron chi connectivity index (χ4n) is 4.03. The molecule has 0 N–H and O–H groups in total. The summed E-state index contributed by atoms with van der Waals surface area (Å²) in [5.74, 6) is 0.428. The van der Waals surface area contributed by atoms with E-state index < -0.39 is 0 Å². The second-order valence-electron chi connectivity index (χ2n) is 7.08. The number of benzene rings is 2. The molecular weight excluding hydrogens is 368 g/mol. The number of carbonyl (C=O) groups is 1. The van der Waals surface area contributed by atoms with Gasteiger partial charge < -0.3 is 4.57 Å². The first-order valence-corrected chi connectivity index (χ1v) is 10.6. The molecule has 5 rings (SSSR count). The highest BCUT2D eigenvalue weighted by Gasteiger charge is 2.16. The maximum absolute atomic E-state index is 12.6. The molecular formula is C22H20N4OS. The van der Waals surface area contributed by atoms with E-state index in [0.29, 0.717) is 10.9 Å². The molecule has 6 heteroatoms. The van der Waals surface area contributed by atoms with E-state index >= 15 is 0 Å². The number of aryl methyl sites for hydroxylation is 3. The zero-order valence-electron chi connectivity index (χ0n) is 15.7. The van der Waals surface area contributed by atoms with Crippen molar-refractivity contribution >= 4 is 39.6 Å². The highest BCUT2D eigenvalue weighted by molar-refractivity contribution is 7.99. The average Bonchev–Trinajstić information content (AvgIpc) is 3.33. The molecule has 0 amide bonds. The molecule has 140 valence electrons. The van der Waals surface area contributed by atoms with Gasteiger partial charge in [-0.05, 0) is 49.4 Å². The van der Waals surface area contributed by atoms with E-state index in [1.807, 2.05) is 24.3 Å². The molecule has 4 aromatic rings. The van der Waals surface area contributed by atoms with Crippen molar-refractivity contribution in [2.75, 3.05) is 5.75 Å². The minimum Gasteiger partial charge on any atom is -0.324 e. The second-order valence-corrected chi connectivity index (χ2v) is 8.02. The highest BCUT2D eigenvalue weighted by Crippen LogP contribution is 2.28. The normalized spacial score (nSPS) is 13.3. The standard InChI is InChI=1S/C22H20N4OS/c1-2-26-18-9-4-3-8-17(18)20-21(26)23-22(25-24-20)28-13-19(27)16-11-10-14-6-5-7-15(14)12-16/h3-4,8-12H,2,5-7,13H2,1H3. The van der Waals surface area contributed by atoms with E-state index in [1.54, 1.807) is 0 Å². The van der Waals surface area contributed by atoms with Crippen LogP contribution in [0.4, 0.5) is 0 Å². The van der Waals surface area contributed by atoms with Gasteiger partial charge in [-0.2, -0.15) is 0 Å². The van der Waals surface area contributed by atoms with Gasteiger partial charge >= 0.3 is 0 Å². The van der Waals surface area contributed by atoms with Gasteiger partial charge in [0.1, 0.15) is 5.52 Å². The fraction of sp³-hybridized carbons (Fsp3) is 0.273. The van der Waals surface area contributed by atoms with Crippen LogP contribution in [0.25, 0.3) is 22.1 Å². The van der Waals surface area contributed by atoms with E-state index in [-0.39, 0.29) is 5.78 Å². The number of Topliss-reactive ketones (excluding diaryl/α,β-unsaturated/α-hetero) is 1. The molecule has 28 heavy (non-hydrogen) atoms. The Bertz CT molecular complexity index is 1210. The Balaban J connectivity index is 1.41. The monoisotopic (exact) mass is 388 g/mol. The van der Waals surface area contributed by atoms with Gasteiger partial charge in [0.2, 0.25) is 5.16 Å². The van der Waals surface area contributed by atoms with Crippen molar-refractivity contribution in [1.29, 1.82) is 0 Å². The topological polar surface area (TPSA) is 60.7 Å².